The van der Waals surface area contributed by atoms with Crippen molar-refractivity contribution in [2.24, 2.45) is 0 Å². The fourth-order valence-corrected chi connectivity index (χ4v) is 4.52. The molecule has 174 valence electrons. The van der Waals surface area contributed by atoms with Gasteiger partial charge in [-0.25, -0.2) is 0 Å². The molecule has 0 aromatic heterocycles. The second-order valence-corrected chi connectivity index (χ2v) is 9.00. The van der Waals surface area contributed by atoms with Crippen molar-refractivity contribution in [1.29, 1.82) is 0 Å². The van der Waals surface area contributed by atoms with Crippen LogP contribution in [0.2, 0.25) is 0 Å². The number of rotatable bonds is 20. The van der Waals surface area contributed by atoms with Crippen molar-refractivity contribution in [2.75, 3.05) is 13.1 Å². The van der Waals surface area contributed by atoms with E-state index in [4.69, 9.17) is 0 Å². The van der Waals surface area contributed by atoms with Gasteiger partial charge in [0.05, 0.1) is 0 Å². The van der Waals surface area contributed by atoms with Gasteiger partial charge in [0.2, 0.25) is 0 Å². The van der Waals surface area contributed by atoms with Crippen LogP contribution in [0.1, 0.15) is 141 Å². The van der Waals surface area contributed by atoms with Gasteiger partial charge >= 0.3 is 0 Å². The van der Waals surface area contributed by atoms with E-state index in [1.807, 2.05) is 0 Å². The summed E-state index contributed by atoms with van der Waals surface area (Å²) < 4.78 is 0. The molecular weight excluding hydrogens is 364 g/mol. The zero-order valence-corrected chi connectivity index (χ0v) is 20.8. The lowest BCUT2D eigenvalue weighted by atomic mass is 9.94. The second-order valence-electron chi connectivity index (χ2n) is 9.00. The molecule has 1 aromatic rings. The fraction of sp³-hybridized carbons (Fsp3) is 0.786. The minimum absolute atomic E-state index is 0.498. The van der Waals surface area contributed by atoms with Crippen molar-refractivity contribution in [3.63, 3.8) is 0 Å². The fourth-order valence-electron chi connectivity index (χ4n) is 4.52. The average molecular weight is 417 g/mol. The first-order chi connectivity index (χ1) is 14.8. The molecule has 0 radical (unpaired) electrons. The minimum Gasteiger partial charge on any atom is -0.310 e. The van der Waals surface area contributed by atoms with Crippen LogP contribution >= 0.6 is 0 Å². The standard InChI is InChI=1S/C28H52N2/c1-5-9-11-13-15-17-22-27(29-7-3)25-20-19-21-26(24-25)28(30-8-4)23-18-16-14-12-10-6-2/h19-21,24,27-30H,5-18,22-23H2,1-4H3. The predicted octanol–water partition coefficient (Wildman–Crippen LogP) is 8.49. The van der Waals surface area contributed by atoms with Gasteiger partial charge < -0.3 is 10.6 Å². The summed E-state index contributed by atoms with van der Waals surface area (Å²) in [4.78, 5) is 0. The molecule has 0 aliphatic carbocycles. The lowest BCUT2D eigenvalue weighted by molar-refractivity contribution is 0.467. The number of nitrogens with one attached hydrogen (secondary N) is 2. The Morgan fingerprint density at radius 1 is 0.567 bits per heavy atom. The van der Waals surface area contributed by atoms with Crippen LogP contribution in [0.5, 0.6) is 0 Å². The van der Waals surface area contributed by atoms with Crippen molar-refractivity contribution in [3.05, 3.63) is 35.4 Å². The topological polar surface area (TPSA) is 24.1 Å². The molecule has 1 aromatic carbocycles. The maximum absolute atomic E-state index is 3.75. The van der Waals surface area contributed by atoms with E-state index in [-0.39, 0.29) is 0 Å². The Morgan fingerprint density at radius 3 is 1.37 bits per heavy atom. The molecule has 0 aliphatic rings. The van der Waals surface area contributed by atoms with Gasteiger partial charge in [-0.15, -0.1) is 0 Å². The van der Waals surface area contributed by atoms with Crippen LogP contribution in [-0.2, 0) is 0 Å². The SMILES string of the molecule is CCCCCCCCC(NCC)c1cccc(C(CCCCCCCC)NCC)c1. The molecule has 0 bridgehead atoms. The third-order valence-corrected chi connectivity index (χ3v) is 6.31. The lowest BCUT2D eigenvalue weighted by Crippen LogP contribution is -2.23. The van der Waals surface area contributed by atoms with E-state index >= 15 is 0 Å². The molecule has 2 atom stereocenters. The molecule has 0 saturated heterocycles. The van der Waals surface area contributed by atoms with E-state index in [0.29, 0.717) is 12.1 Å². The number of hydrogen-bond acceptors (Lipinski definition) is 2. The molecule has 2 unspecified atom stereocenters. The first-order valence-corrected chi connectivity index (χ1v) is 13.3. The zero-order chi connectivity index (χ0) is 21.9. The van der Waals surface area contributed by atoms with Crippen LogP contribution in [0, 0.1) is 0 Å². The van der Waals surface area contributed by atoms with Crippen molar-refractivity contribution in [3.8, 4) is 0 Å². The summed E-state index contributed by atoms with van der Waals surface area (Å²) in [5, 5.41) is 7.50. The highest BCUT2D eigenvalue weighted by molar-refractivity contribution is 5.28. The Balaban J connectivity index is 2.62. The highest BCUT2D eigenvalue weighted by Crippen LogP contribution is 2.26. The normalized spacial score (nSPS) is 13.5. The van der Waals surface area contributed by atoms with E-state index < -0.39 is 0 Å². The summed E-state index contributed by atoms with van der Waals surface area (Å²) in [5.41, 5.74) is 2.96. The summed E-state index contributed by atoms with van der Waals surface area (Å²) >= 11 is 0. The van der Waals surface area contributed by atoms with Crippen molar-refractivity contribution in [1.82, 2.24) is 10.6 Å². The van der Waals surface area contributed by atoms with Gasteiger partial charge in [0.1, 0.15) is 0 Å². The quantitative estimate of drug-likeness (QED) is 0.208. The third kappa shape index (κ3) is 12.1. The highest BCUT2D eigenvalue weighted by atomic mass is 14.9. The molecular formula is C28H52N2. The van der Waals surface area contributed by atoms with Crippen molar-refractivity contribution >= 4 is 0 Å². The van der Waals surface area contributed by atoms with Crippen LogP contribution in [0.3, 0.4) is 0 Å². The van der Waals surface area contributed by atoms with Crippen LogP contribution in [0.4, 0.5) is 0 Å². The minimum atomic E-state index is 0.498. The monoisotopic (exact) mass is 416 g/mol. The van der Waals surface area contributed by atoms with Crippen molar-refractivity contribution < 1.29 is 0 Å². The third-order valence-electron chi connectivity index (χ3n) is 6.31. The summed E-state index contributed by atoms with van der Waals surface area (Å²) in [5.74, 6) is 0. The van der Waals surface area contributed by atoms with E-state index in [1.165, 1.54) is 101 Å². The van der Waals surface area contributed by atoms with Gasteiger partial charge in [-0.2, -0.15) is 0 Å². The zero-order valence-electron chi connectivity index (χ0n) is 20.8. The molecule has 0 saturated carbocycles. The van der Waals surface area contributed by atoms with Crippen LogP contribution < -0.4 is 10.6 Å². The lowest BCUT2D eigenvalue weighted by Gasteiger charge is -2.23. The molecule has 0 aliphatic heterocycles. The Kier molecular flexibility index (Phi) is 17.1. The molecule has 30 heavy (non-hydrogen) atoms. The van der Waals surface area contributed by atoms with E-state index in [2.05, 4.69) is 62.6 Å². The number of benzene rings is 1. The van der Waals surface area contributed by atoms with Crippen LogP contribution in [0.15, 0.2) is 24.3 Å². The van der Waals surface area contributed by atoms with Gasteiger partial charge in [0, 0.05) is 12.1 Å². The highest BCUT2D eigenvalue weighted by Gasteiger charge is 2.14. The Labute approximate surface area is 189 Å². The maximum atomic E-state index is 3.75. The Morgan fingerprint density at radius 2 is 0.967 bits per heavy atom. The van der Waals surface area contributed by atoms with Crippen LogP contribution in [0.25, 0.3) is 0 Å². The van der Waals surface area contributed by atoms with Gasteiger partial charge in [-0.05, 0) is 37.1 Å². The van der Waals surface area contributed by atoms with Gasteiger partial charge in [0.25, 0.3) is 0 Å². The smallest absolute Gasteiger partial charge is 0.0320 e. The molecule has 0 heterocycles. The number of unbranched alkanes of at least 4 members (excludes halogenated alkanes) is 10. The van der Waals surface area contributed by atoms with E-state index in [1.54, 1.807) is 0 Å². The largest absolute Gasteiger partial charge is 0.310 e. The van der Waals surface area contributed by atoms with Gasteiger partial charge in [-0.1, -0.05) is 129 Å². The summed E-state index contributed by atoms with van der Waals surface area (Å²) in [7, 11) is 0. The summed E-state index contributed by atoms with van der Waals surface area (Å²) in [6.07, 6.45) is 19.0. The summed E-state index contributed by atoms with van der Waals surface area (Å²) in [6.45, 7) is 11.1. The second kappa shape index (κ2) is 18.9. The van der Waals surface area contributed by atoms with Crippen molar-refractivity contribution in [2.45, 2.75) is 130 Å². The molecule has 2 N–H and O–H groups in total. The molecule has 0 amide bonds. The van der Waals surface area contributed by atoms with E-state index in [0.717, 1.165) is 13.1 Å². The van der Waals surface area contributed by atoms with E-state index in [9.17, 15) is 0 Å². The first-order valence-electron chi connectivity index (χ1n) is 13.3. The molecule has 0 spiro atoms. The summed E-state index contributed by atoms with van der Waals surface area (Å²) in [6, 6.07) is 10.4. The van der Waals surface area contributed by atoms with Gasteiger partial charge in [0.15, 0.2) is 0 Å². The molecule has 1 rings (SSSR count). The first kappa shape index (κ1) is 27.2. The Bertz CT molecular complexity index is 458. The van der Waals surface area contributed by atoms with Crippen LogP contribution in [-0.4, -0.2) is 13.1 Å². The molecule has 2 nitrogen and oxygen atoms in total. The predicted molar refractivity (Wildman–Crippen MR) is 135 cm³/mol. The number of hydrogen-bond donors (Lipinski definition) is 2. The molecule has 0 fully saturated rings. The van der Waals surface area contributed by atoms with Gasteiger partial charge in [-0.3, -0.25) is 0 Å². The Hall–Kier alpha value is -0.860. The average Bonchev–Trinajstić information content (AvgIpc) is 2.77. The maximum Gasteiger partial charge on any atom is 0.0320 e. The molecule has 2 heteroatoms.